The number of anilines is 3. The van der Waals surface area contributed by atoms with Crippen LogP contribution < -0.4 is 10.2 Å². The Kier molecular flexibility index (Phi) is 5.22. The molecule has 0 radical (unpaired) electrons. The van der Waals surface area contributed by atoms with E-state index >= 15 is 0 Å². The molecule has 150 valence electrons. The highest BCUT2D eigenvalue weighted by Gasteiger charge is 2.22. The Balaban J connectivity index is 1.73. The van der Waals surface area contributed by atoms with Gasteiger partial charge in [0.25, 0.3) is 0 Å². The van der Waals surface area contributed by atoms with Crippen LogP contribution in [-0.4, -0.2) is 22.6 Å². The summed E-state index contributed by atoms with van der Waals surface area (Å²) in [6, 6.07) is 12.5. The Bertz CT molecular complexity index is 1030. The summed E-state index contributed by atoms with van der Waals surface area (Å²) in [5.41, 5.74) is 6.93. The van der Waals surface area contributed by atoms with Crippen LogP contribution in [0.25, 0.3) is 11.3 Å². The second-order valence-corrected chi connectivity index (χ2v) is 8.06. The predicted octanol–water partition coefficient (Wildman–Crippen LogP) is 5.80. The summed E-state index contributed by atoms with van der Waals surface area (Å²) >= 11 is 0. The van der Waals surface area contributed by atoms with Crippen molar-refractivity contribution in [3.05, 3.63) is 65.1 Å². The van der Waals surface area contributed by atoms with Crippen LogP contribution in [0.1, 0.15) is 37.0 Å². The van der Waals surface area contributed by atoms with Crippen molar-refractivity contribution in [3.63, 3.8) is 0 Å². The second-order valence-electron chi connectivity index (χ2n) is 8.06. The van der Waals surface area contributed by atoms with Crippen molar-refractivity contribution in [1.82, 2.24) is 9.97 Å². The van der Waals surface area contributed by atoms with Gasteiger partial charge in [-0.3, -0.25) is 0 Å². The molecule has 1 N–H and O–H groups in total. The minimum atomic E-state index is -0.411. The van der Waals surface area contributed by atoms with Gasteiger partial charge in [0.15, 0.2) is 5.82 Å². The summed E-state index contributed by atoms with van der Waals surface area (Å²) in [5.74, 6) is -0.0212. The van der Waals surface area contributed by atoms with E-state index < -0.39 is 5.82 Å². The van der Waals surface area contributed by atoms with Gasteiger partial charge in [0.2, 0.25) is 5.95 Å². The summed E-state index contributed by atoms with van der Waals surface area (Å²) in [4.78, 5) is 11.0. The minimum Gasteiger partial charge on any atom is -0.369 e. The van der Waals surface area contributed by atoms with Crippen LogP contribution in [0.4, 0.5) is 21.7 Å². The van der Waals surface area contributed by atoms with E-state index in [0.717, 1.165) is 30.6 Å². The van der Waals surface area contributed by atoms with Crippen molar-refractivity contribution in [2.24, 2.45) is 0 Å². The van der Waals surface area contributed by atoms with Crippen molar-refractivity contribution < 1.29 is 4.39 Å². The van der Waals surface area contributed by atoms with Gasteiger partial charge in [-0.1, -0.05) is 17.7 Å². The monoisotopic (exact) mass is 390 g/mol. The predicted molar refractivity (Wildman–Crippen MR) is 117 cm³/mol. The zero-order valence-electron chi connectivity index (χ0n) is 17.5. The first-order chi connectivity index (χ1) is 13.9. The second kappa shape index (κ2) is 7.82. The lowest BCUT2D eigenvalue weighted by atomic mass is 9.93. The fourth-order valence-corrected chi connectivity index (χ4v) is 4.00. The molecule has 1 aromatic heterocycles. The molecule has 4 rings (SSSR count). The lowest BCUT2D eigenvalue weighted by molar-refractivity contribution is 0.617. The number of aromatic nitrogens is 2. The molecule has 0 fully saturated rings. The number of hydrogen-bond acceptors (Lipinski definition) is 4. The number of nitrogens with one attached hydrogen (secondary N) is 1. The van der Waals surface area contributed by atoms with Gasteiger partial charge < -0.3 is 10.2 Å². The SMILES string of the molecule is Cc1ccc(Nc2ncc(F)c(-c3cc(C)c4c(c3)N(C(C)C)CCC4)n2)cc1. The van der Waals surface area contributed by atoms with Gasteiger partial charge in [-0.2, -0.15) is 0 Å². The summed E-state index contributed by atoms with van der Waals surface area (Å²) in [5, 5.41) is 3.17. The van der Waals surface area contributed by atoms with Crippen LogP contribution in [0.3, 0.4) is 0 Å². The van der Waals surface area contributed by atoms with Gasteiger partial charge in [-0.05, 0) is 75.9 Å². The van der Waals surface area contributed by atoms with E-state index in [1.165, 1.54) is 28.6 Å². The third-order valence-corrected chi connectivity index (χ3v) is 5.53. The van der Waals surface area contributed by atoms with Crippen LogP contribution in [-0.2, 0) is 6.42 Å². The fraction of sp³-hybridized carbons (Fsp3) is 0.333. The van der Waals surface area contributed by atoms with Gasteiger partial charge >= 0.3 is 0 Å². The molecule has 0 spiro atoms. The maximum atomic E-state index is 14.7. The van der Waals surface area contributed by atoms with E-state index in [-0.39, 0.29) is 0 Å². The average molecular weight is 391 g/mol. The van der Waals surface area contributed by atoms with E-state index in [1.807, 2.05) is 37.3 Å². The highest BCUT2D eigenvalue weighted by Crippen LogP contribution is 2.36. The lowest BCUT2D eigenvalue weighted by Crippen LogP contribution is -2.35. The molecule has 0 unspecified atom stereocenters. The van der Waals surface area contributed by atoms with Crippen LogP contribution in [0.5, 0.6) is 0 Å². The maximum absolute atomic E-state index is 14.7. The number of fused-ring (bicyclic) bond motifs is 1. The number of halogens is 1. The van der Waals surface area contributed by atoms with Crippen molar-refractivity contribution in [1.29, 1.82) is 0 Å². The zero-order valence-corrected chi connectivity index (χ0v) is 17.5. The van der Waals surface area contributed by atoms with Crippen LogP contribution in [0.2, 0.25) is 0 Å². The van der Waals surface area contributed by atoms with E-state index in [0.29, 0.717) is 17.7 Å². The molecule has 0 saturated carbocycles. The van der Waals surface area contributed by atoms with Gasteiger partial charge in [0.05, 0.1) is 6.20 Å². The van der Waals surface area contributed by atoms with Crippen LogP contribution in [0, 0.1) is 19.7 Å². The normalized spacial score (nSPS) is 13.5. The largest absolute Gasteiger partial charge is 0.369 e. The third-order valence-electron chi connectivity index (χ3n) is 5.53. The molecule has 0 bridgehead atoms. The Morgan fingerprint density at radius 1 is 1.10 bits per heavy atom. The third kappa shape index (κ3) is 3.95. The van der Waals surface area contributed by atoms with Gasteiger partial charge in [0, 0.05) is 29.5 Å². The molecule has 0 aliphatic carbocycles. The topological polar surface area (TPSA) is 41.1 Å². The van der Waals surface area contributed by atoms with Gasteiger partial charge in [0.1, 0.15) is 5.69 Å². The van der Waals surface area contributed by atoms with Crippen molar-refractivity contribution in [2.45, 2.75) is 46.6 Å². The van der Waals surface area contributed by atoms with Gasteiger partial charge in [-0.15, -0.1) is 0 Å². The molecule has 0 atom stereocenters. The summed E-state index contributed by atoms with van der Waals surface area (Å²) in [6.07, 6.45) is 3.46. The number of aryl methyl sites for hydroxylation is 2. The Hall–Kier alpha value is -2.95. The Morgan fingerprint density at radius 2 is 1.86 bits per heavy atom. The van der Waals surface area contributed by atoms with Crippen molar-refractivity contribution in [3.8, 4) is 11.3 Å². The summed E-state index contributed by atoms with van der Waals surface area (Å²) in [6.45, 7) is 9.57. The molecular weight excluding hydrogens is 363 g/mol. The molecule has 2 aromatic carbocycles. The first kappa shape index (κ1) is 19.4. The van der Waals surface area contributed by atoms with Crippen molar-refractivity contribution >= 4 is 17.3 Å². The Morgan fingerprint density at radius 3 is 2.59 bits per heavy atom. The lowest BCUT2D eigenvalue weighted by Gasteiger charge is -2.36. The molecule has 5 heteroatoms. The molecule has 2 heterocycles. The fourth-order valence-electron chi connectivity index (χ4n) is 4.00. The smallest absolute Gasteiger partial charge is 0.227 e. The number of benzene rings is 2. The van der Waals surface area contributed by atoms with Gasteiger partial charge in [-0.25, -0.2) is 14.4 Å². The first-order valence-electron chi connectivity index (χ1n) is 10.2. The number of hydrogen-bond donors (Lipinski definition) is 1. The minimum absolute atomic E-state index is 0.329. The van der Waals surface area contributed by atoms with E-state index in [9.17, 15) is 4.39 Å². The van der Waals surface area contributed by atoms with Crippen LogP contribution >= 0.6 is 0 Å². The molecule has 0 amide bonds. The number of nitrogens with zero attached hydrogens (tertiary/aromatic N) is 3. The van der Waals surface area contributed by atoms with E-state index in [1.54, 1.807) is 0 Å². The molecule has 4 nitrogen and oxygen atoms in total. The quantitative estimate of drug-likeness (QED) is 0.611. The highest BCUT2D eigenvalue weighted by atomic mass is 19.1. The standard InChI is InChI=1S/C24H27FN4/c1-15(2)29-11-5-6-20-17(4)12-18(13-22(20)29)23-21(25)14-26-24(28-23)27-19-9-7-16(3)8-10-19/h7-10,12-15H,5-6,11H2,1-4H3,(H,26,27,28). The summed E-state index contributed by atoms with van der Waals surface area (Å²) in [7, 11) is 0. The van der Waals surface area contributed by atoms with Crippen molar-refractivity contribution in [2.75, 3.05) is 16.8 Å². The molecule has 1 aliphatic rings. The van der Waals surface area contributed by atoms with Crippen LogP contribution in [0.15, 0.2) is 42.6 Å². The highest BCUT2D eigenvalue weighted by molar-refractivity contribution is 5.72. The maximum Gasteiger partial charge on any atom is 0.227 e. The summed E-state index contributed by atoms with van der Waals surface area (Å²) < 4.78 is 14.7. The van der Waals surface area contributed by atoms with E-state index in [2.05, 4.69) is 47.0 Å². The van der Waals surface area contributed by atoms with E-state index in [4.69, 9.17) is 0 Å². The Labute approximate surface area is 171 Å². The zero-order chi connectivity index (χ0) is 20.5. The molecule has 29 heavy (non-hydrogen) atoms. The average Bonchev–Trinajstić information content (AvgIpc) is 2.70. The molecule has 3 aromatic rings. The molecule has 0 saturated heterocycles. The first-order valence-corrected chi connectivity index (χ1v) is 10.2. The molecule has 1 aliphatic heterocycles. The molecular formula is C24H27FN4. The number of rotatable bonds is 4.